The first-order valence-corrected chi connectivity index (χ1v) is 12.2. The van der Waals surface area contributed by atoms with Crippen LogP contribution in [0.1, 0.15) is 48.2 Å². The summed E-state index contributed by atoms with van der Waals surface area (Å²) < 4.78 is 66.7. The second-order valence-electron chi connectivity index (χ2n) is 9.39. The average molecular weight is 535 g/mol. The van der Waals surface area contributed by atoms with Crippen molar-refractivity contribution in [1.82, 2.24) is 20.6 Å². The number of nitrogens with zero attached hydrogens (tertiary/aromatic N) is 2. The normalized spacial score (nSPS) is 17.0. The minimum Gasteiger partial charge on any atom is -0.390 e. The number of aliphatic hydroxyl groups excluding tert-OH is 1. The first-order chi connectivity index (χ1) is 18.0. The molecule has 1 aliphatic carbocycles. The quantitative estimate of drug-likeness (QED) is 0.370. The highest BCUT2D eigenvalue weighted by Gasteiger charge is 2.33. The van der Waals surface area contributed by atoms with E-state index in [0.717, 1.165) is 54.4 Å². The highest BCUT2D eigenvalue weighted by molar-refractivity contribution is 5.73. The zero-order valence-electron chi connectivity index (χ0n) is 20.5. The molecule has 3 aromatic rings. The fraction of sp³-hybridized carbons (Fsp3) is 0.370. The summed E-state index contributed by atoms with van der Waals surface area (Å²) in [6.07, 6.45) is -2.23. The van der Waals surface area contributed by atoms with Crippen LogP contribution in [0.2, 0.25) is 0 Å². The van der Waals surface area contributed by atoms with E-state index < -0.39 is 41.6 Å². The van der Waals surface area contributed by atoms with Crippen molar-refractivity contribution in [2.75, 3.05) is 6.54 Å². The summed E-state index contributed by atoms with van der Waals surface area (Å²) >= 11 is 0. The maximum absolute atomic E-state index is 13.6. The number of aryl methyl sites for hydroxylation is 1. The molecule has 0 aliphatic heterocycles. The monoisotopic (exact) mass is 534 g/mol. The number of aliphatic hydroxyl groups is 1. The summed E-state index contributed by atoms with van der Waals surface area (Å²) in [6.45, 7) is 1.34. The zero-order valence-corrected chi connectivity index (χ0v) is 20.5. The van der Waals surface area contributed by atoms with Gasteiger partial charge in [-0.25, -0.2) is 18.7 Å². The lowest BCUT2D eigenvalue weighted by Crippen LogP contribution is -2.48. The van der Waals surface area contributed by atoms with Crippen LogP contribution in [-0.4, -0.2) is 39.7 Å². The van der Waals surface area contributed by atoms with Crippen LogP contribution in [0.25, 0.3) is 11.4 Å². The Morgan fingerprint density at radius 2 is 1.87 bits per heavy atom. The van der Waals surface area contributed by atoms with Gasteiger partial charge >= 0.3 is 6.18 Å². The van der Waals surface area contributed by atoms with Crippen LogP contribution >= 0.6 is 0 Å². The Balaban J connectivity index is 1.51. The average Bonchev–Trinajstić information content (AvgIpc) is 2.85. The Morgan fingerprint density at radius 3 is 2.55 bits per heavy atom. The van der Waals surface area contributed by atoms with Crippen molar-refractivity contribution in [3.8, 4) is 11.4 Å². The largest absolute Gasteiger partial charge is 0.433 e. The molecule has 11 heteroatoms. The van der Waals surface area contributed by atoms with E-state index >= 15 is 0 Å². The van der Waals surface area contributed by atoms with Gasteiger partial charge in [0, 0.05) is 37.3 Å². The predicted octanol–water partition coefficient (Wildman–Crippen LogP) is 4.52. The Hall–Kier alpha value is -3.44. The van der Waals surface area contributed by atoms with Crippen LogP contribution in [0.3, 0.4) is 0 Å². The molecular weight excluding hydrogens is 507 g/mol. The number of carbonyl (C=O) groups is 1. The van der Waals surface area contributed by atoms with Gasteiger partial charge in [0.1, 0.15) is 17.3 Å². The molecule has 3 N–H and O–H groups in total. The molecule has 0 spiro atoms. The lowest BCUT2D eigenvalue weighted by molar-refractivity contribution is -0.141. The number of hydrogen-bond acceptors (Lipinski definition) is 5. The molecule has 4 rings (SSSR count). The highest BCUT2D eigenvalue weighted by atomic mass is 19.4. The van der Waals surface area contributed by atoms with E-state index in [1.54, 1.807) is 12.1 Å². The molecule has 0 bridgehead atoms. The summed E-state index contributed by atoms with van der Waals surface area (Å²) in [5.74, 6) is -1.96. The van der Waals surface area contributed by atoms with Crippen molar-refractivity contribution in [2.45, 2.75) is 57.0 Å². The molecule has 0 unspecified atom stereocenters. The molecule has 0 radical (unpaired) electrons. The van der Waals surface area contributed by atoms with E-state index in [4.69, 9.17) is 0 Å². The van der Waals surface area contributed by atoms with Crippen LogP contribution < -0.4 is 10.6 Å². The number of alkyl halides is 3. The van der Waals surface area contributed by atoms with Gasteiger partial charge in [-0.15, -0.1) is 0 Å². The minimum absolute atomic E-state index is 0.00932. The van der Waals surface area contributed by atoms with Crippen LogP contribution in [0.4, 0.5) is 22.0 Å². The summed E-state index contributed by atoms with van der Waals surface area (Å²) in [6, 6.07) is 8.12. The van der Waals surface area contributed by atoms with E-state index in [0.29, 0.717) is 12.0 Å². The van der Waals surface area contributed by atoms with Crippen molar-refractivity contribution in [3.05, 3.63) is 82.7 Å². The minimum atomic E-state index is -4.59. The van der Waals surface area contributed by atoms with Crippen molar-refractivity contribution in [2.24, 2.45) is 0 Å². The number of carbonyl (C=O) groups excluding carboxylic acids is 1. The molecule has 6 nitrogen and oxygen atoms in total. The molecule has 202 valence electrons. The number of rotatable bonds is 8. The van der Waals surface area contributed by atoms with Gasteiger partial charge in [0.2, 0.25) is 5.91 Å². The molecular formula is C27H27F5N4O2. The van der Waals surface area contributed by atoms with Crippen LogP contribution in [0, 0.1) is 11.6 Å². The van der Waals surface area contributed by atoms with Crippen molar-refractivity contribution < 1.29 is 31.9 Å². The molecule has 38 heavy (non-hydrogen) atoms. The highest BCUT2D eigenvalue weighted by Crippen LogP contribution is 2.34. The number of hydrogen-bond donors (Lipinski definition) is 3. The summed E-state index contributed by atoms with van der Waals surface area (Å²) in [5, 5.41) is 16.8. The molecule has 0 fully saturated rings. The molecule has 2 aromatic carbocycles. The third-order valence-corrected chi connectivity index (χ3v) is 6.47. The second kappa shape index (κ2) is 11.5. The fourth-order valence-electron chi connectivity index (χ4n) is 4.74. The number of amides is 1. The first kappa shape index (κ1) is 27.6. The van der Waals surface area contributed by atoms with Crippen molar-refractivity contribution in [3.63, 3.8) is 0 Å². The zero-order chi connectivity index (χ0) is 27.4. The Morgan fingerprint density at radius 1 is 1.13 bits per heavy atom. The molecule has 1 aliphatic rings. The van der Waals surface area contributed by atoms with Crippen LogP contribution in [0.15, 0.2) is 48.7 Å². The summed E-state index contributed by atoms with van der Waals surface area (Å²) in [7, 11) is 0. The Kier molecular flexibility index (Phi) is 8.37. The Bertz CT molecular complexity index is 1280. The van der Waals surface area contributed by atoms with Crippen molar-refractivity contribution in [1.29, 1.82) is 0 Å². The predicted molar refractivity (Wildman–Crippen MR) is 130 cm³/mol. The van der Waals surface area contributed by atoms with Gasteiger partial charge in [-0.3, -0.25) is 4.79 Å². The summed E-state index contributed by atoms with van der Waals surface area (Å²) in [5.41, 5.74) is 1.58. The maximum atomic E-state index is 13.6. The molecule has 3 atom stereocenters. The van der Waals surface area contributed by atoms with Gasteiger partial charge in [-0.2, -0.15) is 13.2 Å². The Labute approximate surface area is 216 Å². The number of nitrogens with one attached hydrogen (secondary N) is 2. The van der Waals surface area contributed by atoms with Gasteiger partial charge in [-0.1, -0.05) is 12.1 Å². The molecule has 1 heterocycles. The lowest BCUT2D eigenvalue weighted by Gasteiger charge is -2.30. The van der Waals surface area contributed by atoms with E-state index in [1.807, 2.05) is 6.07 Å². The van der Waals surface area contributed by atoms with Gasteiger partial charge in [-0.05, 0) is 66.6 Å². The number of halogens is 5. The fourth-order valence-corrected chi connectivity index (χ4v) is 4.74. The number of benzene rings is 2. The van der Waals surface area contributed by atoms with Crippen LogP contribution in [-0.2, 0) is 23.8 Å². The summed E-state index contributed by atoms with van der Waals surface area (Å²) in [4.78, 5) is 19.4. The van der Waals surface area contributed by atoms with Gasteiger partial charge in [0.05, 0.1) is 12.1 Å². The smallest absolute Gasteiger partial charge is 0.390 e. The molecule has 1 amide bonds. The number of fused-ring (bicyclic) bond motifs is 1. The van der Waals surface area contributed by atoms with E-state index in [-0.39, 0.29) is 30.4 Å². The lowest BCUT2D eigenvalue weighted by atomic mass is 9.86. The second-order valence-corrected chi connectivity index (χ2v) is 9.39. The SMILES string of the molecule is CC(=O)N[C@@H](Cc1cc(F)cc(F)c1)[C@H](O)CN[C@H]1CCCc2ccc(-c3nccc(C(F)(F)F)n3)cc21. The standard InChI is InChI=1S/C27H27F5N4O2/c1-15(37)35-23(11-16-9-19(28)13-20(29)10-16)24(38)14-34-22-4-2-3-17-5-6-18(12-21(17)22)26-33-8-7-25(36-26)27(30,31)32/h5-10,12-13,22-24,34,38H,2-4,11,14H2,1H3,(H,35,37)/t22-,23-,24+/m0/s1. The third-order valence-electron chi connectivity index (χ3n) is 6.47. The van der Waals surface area contributed by atoms with Crippen LogP contribution in [0.5, 0.6) is 0 Å². The van der Waals surface area contributed by atoms with Gasteiger partial charge in [0.25, 0.3) is 0 Å². The van der Waals surface area contributed by atoms with Gasteiger partial charge in [0.15, 0.2) is 5.82 Å². The van der Waals surface area contributed by atoms with E-state index in [9.17, 15) is 31.9 Å². The van der Waals surface area contributed by atoms with Crippen molar-refractivity contribution >= 4 is 5.91 Å². The maximum Gasteiger partial charge on any atom is 0.433 e. The number of aromatic nitrogens is 2. The molecule has 0 saturated carbocycles. The van der Waals surface area contributed by atoms with E-state index in [2.05, 4.69) is 20.6 Å². The van der Waals surface area contributed by atoms with E-state index in [1.165, 1.54) is 6.92 Å². The van der Waals surface area contributed by atoms with Gasteiger partial charge < -0.3 is 15.7 Å². The third kappa shape index (κ3) is 6.90. The molecule has 1 aromatic heterocycles. The topological polar surface area (TPSA) is 87.1 Å². The molecule has 0 saturated heterocycles. The first-order valence-electron chi connectivity index (χ1n) is 12.2.